The Bertz CT molecular complexity index is 174. The largest absolute Gasteiger partial charge is 0.316 e. The monoisotopic (exact) mass is 228 g/mol. The molecule has 2 aliphatic heterocycles. The number of thioether (sulfide) groups is 1. The summed E-state index contributed by atoms with van der Waals surface area (Å²) in [6, 6.07) is 0.869. The maximum atomic E-state index is 3.51. The van der Waals surface area contributed by atoms with Gasteiger partial charge in [-0.2, -0.15) is 11.8 Å². The molecular formula is C12H24N2S. The minimum atomic E-state index is 0.869. The number of rotatable bonds is 3. The second kappa shape index (κ2) is 6.12. The standard InChI is InChI=1S/C12H24N2S/c1-14(12-4-7-15-8-5-12)10-11-3-2-6-13-9-11/h11-13H,2-10H2,1H3. The third-order valence-corrected chi connectivity index (χ3v) is 4.81. The van der Waals surface area contributed by atoms with E-state index in [-0.39, 0.29) is 0 Å². The van der Waals surface area contributed by atoms with Crippen molar-refractivity contribution in [1.82, 2.24) is 10.2 Å². The Morgan fingerprint density at radius 2 is 2.07 bits per heavy atom. The Kier molecular flexibility index (Phi) is 4.79. The summed E-state index contributed by atoms with van der Waals surface area (Å²) >= 11 is 2.12. The van der Waals surface area contributed by atoms with Gasteiger partial charge in [0.2, 0.25) is 0 Å². The van der Waals surface area contributed by atoms with Crippen molar-refractivity contribution in [2.75, 3.05) is 38.2 Å². The van der Waals surface area contributed by atoms with E-state index in [9.17, 15) is 0 Å². The van der Waals surface area contributed by atoms with Gasteiger partial charge in [0.1, 0.15) is 0 Å². The second-order valence-electron chi connectivity index (χ2n) is 5.00. The first-order valence-electron chi connectivity index (χ1n) is 6.35. The van der Waals surface area contributed by atoms with Crippen LogP contribution < -0.4 is 5.32 Å². The lowest BCUT2D eigenvalue weighted by atomic mass is 9.98. The Labute approximate surface area is 98.2 Å². The van der Waals surface area contributed by atoms with Crippen molar-refractivity contribution >= 4 is 11.8 Å². The molecule has 1 atom stereocenters. The fourth-order valence-electron chi connectivity index (χ4n) is 2.76. The average Bonchev–Trinajstić information content (AvgIpc) is 2.31. The summed E-state index contributed by atoms with van der Waals surface area (Å²) in [5.74, 6) is 3.65. The fourth-order valence-corrected chi connectivity index (χ4v) is 3.84. The molecular weight excluding hydrogens is 204 g/mol. The minimum Gasteiger partial charge on any atom is -0.316 e. The van der Waals surface area contributed by atoms with Crippen molar-refractivity contribution in [3.8, 4) is 0 Å². The van der Waals surface area contributed by atoms with Gasteiger partial charge < -0.3 is 10.2 Å². The van der Waals surface area contributed by atoms with E-state index >= 15 is 0 Å². The molecule has 2 aliphatic rings. The van der Waals surface area contributed by atoms with Crippen LogP contribution >= 0.6 is 11.8 Å². The molecule has 15 heavy (non-hydrogen) atoms. The molecule has 1 N–H and O–H groups in total. The molecule has 0 spiro atoms. The Hall–Kier alpha value is 0.270. The first kappa shape index (κ1) is 11.7. The van der Waals surface area contributed by atoms with Crippen LogP contribution in [0.4, 0.5) is 0 Å². The predicted octanol–water partition coefficient (Wildman–Crippen LogP) is 1.81. The van der Waals surface area contributed by atoms with E-state index in [1.54, 1.807) is 0 Å². The molecule has 0 bridgehead atoms. The lowest BCUT2D eigenvalue weighted by Crippen LogP contribution is -2.42. The van der Waals surface area contributed by atoms with Crippen LogP contribution in [-0.4, -0.2) is 49.1 Å². The van der Waals surface area contributed by atoms with Crippen molar-refractivity contribution < 1.29 is 0 Å². The van der Waals surface area contributed by atoms with Crippen LogP contribution in [0.15, 0.2) is 0 Å². The van der Waals surface area contributed by atoms with Gasteiger partial charge in [-0.05, 0) is 63.2 Å². The zero-order chi connectivity index (χ0) is 10.5. The number of piperidine rings is 1. The van der Waals surface area contributed by atoms with Gasteiger partial charge in [-0.1, -0.05) is 0 Å². The van der Waals surface area contributed by atoms with Gasteiger partial charge in [0.05, 0.1) is 0 Å². The molecule has 2 nitrogen and oxygen atoms in total. The Morgan fingerprint density at radius 3 is 2.73 bits per heavy atom. The Morgan fingerprint density at radius 1 is 1.27 bits per heavy atom. The first-order chi connectivity index (χ1) is 7.36. The number of nitrogens with zero attached hydrogens (tertiary/aromatic N) is 1. The SMILES string of the molecule is CN(CC1CCCNC1)C1CCSCC1. The number of nitrogens with one attached hydrogen (secondary N) is 1. The second-order valence-corrected chi connectivity index (χ2v) is 6.22. The first-order valence-corrected chi connectivity index (χ1v) is 7.50. The zero-order valence-corrected chi connectivity index (χ0v) is 10.7. The normalized spacial score (nSPS) is 29.6. The maximum Gasteiger partial charge on any atom is 0.0108 e. The van der Waals surface area contributed by atoms with E-state index in [0.717, 1.165) is 12.0 Å². The van der Waals surface area contributed by atoms with Crippen LogP contribution in [0.25, 0.3) is 0 Å². The van der Waals surface area contributed by atoms with E-state index in [2.05, 4.69) is 29.0 Å². The van der Waals surface area contributed by atoms with E-state index < -0.39 is 0 Å². The molecule has 0 saturated carbocycles. The van der Waals surface area contributed by atoms with Crippen molar-refractivity contribution in [1.29, 1.82) is 0 Å². The third kappa shape index (κ3) is 3.65. The maximum absolute atomic E-state index is 3.51. The lowest BCUT2D eigenvalue weighted by molar-refractivity contribution is 0.180. The van der Waals surface area contributed by atoms with Crippen LogP contribution in [-0.2, 0) is 0 Å². The molecule has 3 heteroatoms. The van der Waals surface area contributed by atoms with Crippen molar-refractivity contribution in [2.24, 2.45) is 5.92 Å². The molecule has 0 amide bonds. The molecule has 0 aliphatic carbocycles. The molecule has 2 saturated heterocycles. The van der Waals surface area contributed by atoms with Crippen molar-refractivity contribution in [2.45, 2.75) is 31.7 Å². The van der Waals surface area contributed by atoms with Gasteiger partial charge in [0.15, 0.2) is 0 Å². The van der Waals surface area contributed by atoms with Gasteiger partial charge >= 0.3 is 0 Å². The summed E-state index contributed by atoms with van der Waals surface area (Å²) < 4.78 is 0. The summed E-state index contributed by atoms with van der Waals surface area (Å²) in [4.78, 5) is 2.62. The lowest BCUT2D eigenvalue weighted by Gasteiger charge is -2.34. The summed E-state index contributed by atoms with van der Waals surface area (Å²) in [7, 11) is 2.33. The molecule has 0 aromatic carbocycles. The highest BCUT2D eigenvalue weighted by molar-refractivity contribution is 7.99. The van der Waals surface area contributed by atoms with E-state index in [0.29, 0.717) is 0 Å². The van der Waals surface area contributed by atoms with Crippen LogP contribution in [0.1, 0.15) is 25.7 Å². The van der Waals surface area contributed by atoms with E-state index in [4.69, 9.17) is 0 Å². The summed E-state index contributed by atoms with van der Waals surface area (Å²) in [5, 5.41) is 3.51. The zero-order valence-electron chi connectivity index (χ0n) is 9.87. The van der Waals surface area contributed by atoms with Crippen LogP contribution in [0, 0.1) is 5.92 Å². The van der Waals surface area contributed by atoms with Crippen LogP contribution in [0.3, 0.4) is 0 Å². The predicted molar refractivity (Wildman–Crippen MR) is 68.6 cm³/mol. The summed E-state index contributed by atoms with van der Waals surface area (Å²) in [6.07, 6.45) is 5.61. The molecule has 1 unspecified atom stereocenters. The Balaban J connectivity index is 1.72. The fraction of sp³-hybridized carbons (Fsp3) is 1.00. The van der Waals surface area contributed by atoms with Crippen molar-refractivity contribution in [3.05, 3.63) is 0 Å². The summed E-state index contributed by atoms with van der Waals surface area (Å²) in [5.41, 5.74) is 0. The average molecular weight is 228 g/mol. The van der Waals surface area contributed by atoms with Crippen molar-refractivity contribution in [3.63, 3.8) is 0 Å². The topological polar surface area (TPSA) is 15.3 Å². The van der Waals surface area contributed by atoms with Gasteiger partial charge in [0, 0.05) is 12.6 Å². The highest BCUT2D eigenvalue weighted by atomic mass is 32.2. The molecule has 0 aromatic rings. The van der Waals surface area contributed by atoms with Crippen LogP contribution in [0.5, 0.6) is 0 Å². The third-order valence-electron chi connectivity index (χ3n) is 3.76. The molecule has 2 rings (SSSR count). The quantitative estimate of drug-likeness (QED) is 0.793. The smallest absolute Gasteiger partial charge is 0.0108 e. The molecule has 2 heterocycles. The molecule has 0 aromatic heterocycles. The molecule has 88 valence electrons. The van der Waals surface area contributed by atoms with Gasteiger partial charge in [-0.3, -0.25) is 0 Å². The van der Waals surface area contributed by atoms with E-state index in [1.807, 2.05) is 0 Å². The van der Waals surface area contributed by atoms with Gasteiger partial charge in [-0.25, -0.2) is 0 Å². The number of hydrogen-bond donors (Lipinski definition) is 1. The van der Waals surface area contributed by atoms with Gasteiger partial charge in [0.25, 0.3) is 0 Å². The highest BCUT2D eigenvalue weighted by Crippen LogP contribution is 2.22. The number of hydrogen-bond acceptors (Lipinski definition) is 3. The van der Waals surface area contributed by atoms with E-state index in [1.165, 1.54) is 56.8 Å². The molecule has 2 fully saturated rings. The van der Waals surface area contributed by atoms with Gasteiger partial charge in [-0.15, -0.1) is 0 Å². The summed E-state index contributed by atoms with van der Waals surface area (Å²) in [6.45, 7) is 3.79. The molecule has 0 radical (unpaired) electrons. The van der Waals surface area contributed by atoms with Crippen LogP contribution in [0.2, 0.25) is 0 Å². The highest BCUT2D eigenvalue weighted by Gasteiger charge is 2.21. The minimum absolute atomic E-state index is 0.869.